The van der Waals surface area contributed by atoms with Crippen LogP contribution in [0.2, 0.25) is 0 Å². The highest BCUT2D eigenvalue weighted by Crippen LogP contribution is 2.26. The van der Waals surface area contributed by atoms with E-state index < -0.39 is 0 Å². The summed E-state index contributed by atoms with van der Waals surface area (Å²) in [6, 6.07) is 1.52. The molecule has 0 saturated heterocycles. The lowest BCUT2D eigenvalue weighted by atomic mass is 10.1. The maximum absolute atomic E-state index is 9.47. The fourth-order valence-electron chi connectivity index (χ4n) is 0.993. The van der Waals surface area contributed by atoms with Crippen LogP contribution in [0.15, 0.2) is 12.3 Å². The summed E-state index contributed by atoms with van der Waals surface area (Å²) in [4.78, 5) is 4.00. The van der Waals surface area contributed by atoms with Crippen LogP contribution in [0, 0.1) is 0 Å². The molecule has 3 nitrogen and oxygen atoms in total. The molecule has 3 heteroatoms. The Hall–Kier alpha value is -1.25. The predicted molar refractivity (Wildman–Crippen MR) is 46.5 cm³/mol. The average Bonchev–Trinajstić information content (AvgIpc) is 2.03. The topological polar surface area (TPSA) is 42.4 Å². The Bertz CT molecular complexity index is 271. The van der Waals surface area contributed by atoms with Gasteiger partial charge in [-0.15, -0.1) is 0 Å². The summed E-state index contributed by atoms with van der Waals surface area (Å²) < 4.78 is 4.86. The molecule has 0 fully saturated rings. The average molecular weight is 167 g/mol. The molecule has 0 saturated carbocycles. The van der Waals surface area contributed by atoms with Gasteiger partial charge in [0.2, 0.25) is 5.88 Å². The van der Waals surface area contributed by atoms with Crippen molar-refractivity contribution in [3.63, 3.8) is 0 Å². The van der Waals surface area contributed by atoms with Crippen LogP contribution >= 0.6 is 0 Å². The van der Waals surface area contributed by atoms with E-state index in [1.807, 2.05) is 13.8 Å². The van der Waals surface area contributed by atoms with Gasteiger partial charge < -0.3 is 9.84 Å². The van der Waals surface area contributed by atoms with Gasteiger partial charge in [-0.2, -0.15) is 0 Å². The van der Waals surface area contributed by atoms with E-state index in [0.717, 1.165) is 5.56 Å². The molecule has 0 aliphatic carbocycles. The lowest BCUT2D eigenvalue weighted by Gasteiger charge is -2.07. The lowest BCUT2D eigenvalue weighted by molar-refractivity contribution is 0.389. The van der Waals surface area contributed by atoms with E-state index >= 15 is 0 Å². The first-order valence-electron chi connectivity index (χ1n) is 3.88. The molecule has 0 aliphatic rings. The fourth-order valence-corrected chi connectivity index (χ4v) is 0.993. The zero-order valence-corrected chi connectivity index (χ0v) is 7.53. The van der Waals surface area contributed by atoms with E-state index in [2.05, 4.69) is 4.98 Å². The van der Waals surface area contributed by atoms with Crippen LogP contribution in [-0.4, -0.2) is 17.2 Å². The smallest absolute Gasteiger partial charge is 0.216 e. The van der Waals surface area contributed by atoms with E-state index in [-0.39, 0.29) is 11.7 Å². The van der Waals surface area contributed by atoms with Gasteiger partial charge >= 0.3 is 0 Å². The minimum atomic E-state index is 0.247. The van der Waals surface area contributed by atoms with Crippen molar-refractivity contribution in [2.75, 3.05) is 7.11 Å². The highest BCUT2D eigenvalue weighted by Gasteiger charge is 2.06. The van der Waals surface area contributed by atoms with Crippen LogP contribution in [0.1, 0.15) is 25.3 Å². The second-order valence-electron chi connectivity index (χ2n) is 2.94. The molecule has 1 heterocycles. The maximum Gasteiger partial charge on any atom is 0.216 e. The molecule has 66 valence electrons. The molecule has 0 spiro atoms. The number of hydrogen-bond acceptors (Lipinski definition) is 3. The third-order valence-electron chi connectivity index (χ3n) is 1.72. The fraction of sp³-hybridized carbons (Fsp3) is 0.444. The SMILES string of the molecule is COc1cc(O)c(C(C)C)cn1. The summed E-state index contributed by atoms with van der Waals surface area (Å²) in [5, 5.41) is 9.47. The van der Waals surface area contributed by atoms with Crippen molar-refractivity contribution in [2.24, 2.45) is 0 Å². The Morgan fingerprint density at radius 1 is 1.50 bits per heavy atom. The zero-order chi connectivity index (χ0) is 9.14. The number of rotatable bonds is 2. The van der Waals surface area contributed by atoms with Crippen molar-refractivity contribution >= 4 is 0 Å². The number of hydrogen-bond donors (Lipinski definition) is 1. The van der Waals surface area contributed by atoms with Crippen molar-refractivity contribution in [2.45, 2.75) is 19.8 Å². The number of aromatic nitrogens is 1. The van der Waals surface area contributed by atoms with E-state index in [1.165, 1.54) is 13.2 Å². The Kier molecular flexibility index (Phi) is 2.53. The van der Waals surface area contributed by atoms with Crippen LogP contribution in [0.4, 0.5) is 0 Å². The van der Waals surface area contributed by atoms with Gasteiger partial charge in [-0.1, -0.05) is 13.8 Å². The molecule has 0 radical (unpaired) electrons. The van der Waals surface area contributed by atoms with Crippen LogP contribution in [-0.2, 0) is 0 Å². The Morgan fingerprint density at radius 3 is 2.58 bits per heavy atom. The third-order valence-corrected chi connectivity index (χ3v) is 1.72. The molecule has 1 N–H and O–H groups in total. The predicted octanol–water partition coefficient (Wildman–Crippen LogP) is 1.92. The molecule has 0 aromatic carbocycles. The summed E-state index contributed by atoms with van der Waals surface area (Å²) in [5.74, 6) is 0.970. The van der Waals surface area contributed by atoms with Crippen molar-refractivity contribution in [1.29, 1.82) is 0 Å². The first kappa shape index (κ1) is 8.84. The zero-order valence-electron chi connectivity index (χ0n) is 7.53. The molecular formula is C9H13NO2. The van der Waals surface area contributed by atoms with Crippen molar-refractivity contribution in [3.8, 4) is 11.6 Å². The summed E-state index contributed by atoms with van der Waals surface area (Å²) in [6.07, 6.45) is 1.64. The van der Waals surface area contributed by atoms with Gasteiger partial charge in [-0.05, 0) is 5.92 Å². The molecule has 1 rings (SSSR count). The number of aromatic hydroxyl groups is 1. The highest BCUT2D eigenvalue weighted by molar-refractivity contribution is 5.35. The van der Waals surface area contributed by atoms with Crippen molar-refractivity contribution < 1.29 is 9.84 Å². The minimum absolute atomic E-state index is 0.247. The minimum Gasteiger partial charge on any atom is -0.507 e. The van der Waals surface area contributed by atoms with Gasteiger partial charge in [0, 0.05) is 17.8 Å². The second kappa shape index (κ2) is 3.43. The molecule has 1 aromatic rings. The summed E-state index contributed by atoms with van der Waals surface area (Å²) >= 11 is 0. The molecule has 0 unspecified atom stereocenters. The Morgan fingerprint density at radius 2 is 2.17 bits per heavy atom. The number of pyridine rings is 1. The van der Waals surface area contributed by atoms with Crippen molar-refractivity contribution in [3.05, 3.63) is 17.8 Å². The molecule has 0 amide bonds. The highest BCUT2D eigenvalue weighted by atomic mass is 16.5. The first-order valence-corrected chi connectivity index (χ1v) is 3.88. The number of methoxy groups -OCH3 is 1. The molecule has 12 heavy (non-hydrogen) atoms. The number of ether oxygens (including phenoxy) is 1. The summed E-state index contributed by atoms with van der Waals surface area (Å²) in [6.45, 7) is 4.01. The van der Waals surface area contributed by atoms with Gasteiger partial charge in [-0.3, -0.25) is 0 Å². The Balaban J connectivity index is 3.03. The quantitative estimate of drug-likeness (QED) is 0.731. The monoisotopic (exact) mass is 167 g/mol. The van der Waals surface area contributed by atoms with Gasteiger partial charge in [0.25, 0.3) is 0 Å². The third kappa shape index (κ3) is 1.67. The molecule has 1 aromatic heterocycles. The van der Waals surface area contributed by atoms with E-state index in [9.17, 15) is 5.11 Å². The van der Waals surface area contributed by atoms with E-state index in [0.29, 0.717) is 5.88 Å². The maximum atomic E-state index is 9.47. The first-order chi connectivity index (χ1) is 5.65. The van der Waals surface area contributed by atoms with Crippen LogP contribution in [0.5, 0.6) is 11.6 Å². The molecule has 0 bridgehead atoms. The summed E-state index contributed by atoms with van der Waals surface area (Å²) in [7, 11) is 1.52. The number of nitrogens with zero attached hydrogens (tertiary/aromatic N) is 1. The van der Waals surface area contributed by atoms with Crippen LogP contribution in [0.25, 0.3) is 0 Å². The van der Waals surface area contributed by atoms with Gasteiger partial charge in [0.1, 0.15) is 5.75 Å². The molecule has 0 aliphatic heterocycles. The van der Waals surface area contributed by atoms with Crippen LogP contribution < -0.4 is 4.74 Å². The Labute approximate surface area is 72.0 Å². The summed E-state index contributed by atoms with van der Waals surface area (Å²) in [5.41, 5.74) is 0.843. The van der Waals surface area contributed by atoms with Crippen molar-refractivity contribution in [1.82, 2.24) is 4.98 Å². The van der Waals surface area contributed by atoms with Crippen LogP contribution in [0.3, 0.4) is 0 Å². The van der Waals surface area contributed by atoms with E-state index in [4.69, 9.17) is 4.74 Å². The molecule has 0 atom stereocenters. The largest absolute Gasteiger partial charge is 0.507 e. The van der Waals surface area contributed by atoms with E-state index in [1.54, 1.807) is 6.20 Å². The standard InChI is InChI=1S/C9H13NO2/c1-6(2)7-5-10-9(12-3)4-8(7)11/h4-6H,1-3H3,(H,10,11). The van der Waals surface area contributed by atoms with Gasteiger partial charge in [0.05, 0.1) is 7.11 Å². The van der Waals surface area contributed by atoms with Gasteiger partial charge in [0.15, 0.2) is 0 Å². The normalized spacial score (nSPS) is 10.3. The van der Waals surface area contributed by atoms with Gasteiger partial charge in [-0.25, -0.2) is 4.98 Å². The second-order valence-corrected chi connectivity index (χ2v) is 2.94. The lowest BCUT2D eigenvalue weighted by Crippen LogP contribution is -1.92. The molecular weight excluding hydrogens is 154 g/mol.